The predicted octanol–water partition coefficient (Wildman–Crippen LogP) is 3.13. The molecule has 0 spiro atoms. The molecule has 0 atom stereocenters. The number of anilines is 1. The number of carbonyl (C=O) groups excluding carboxylic acids is 1. The van der Waals surface area contributed by atoms with E-state index in [9.17, 15) is 18.0 Å². The standard InChI is InChI=1S/C25H23N3O5S/c1-27-12-14-28(15-13-27)34(31,32)19-9-7-18(8-10-19)26-24(29)22-16-21-20-5-3-2-4-17(20)6-11-23(21)33-25(22)30/h2-11,16H,12-15H2,1H3,(H,26,29). The van der Waals surface area contributed by atoms with Crippen molar-refractivity contribution in [3.63, 3.8) is 0 Å². The molecule has 0 radical (unpaired) electrons. The lowest BCUT2D eigenvalue weighted by Gasteiger charge is -2.31. The fraction of sp³-hybridized carbons (Fsp3) is 0.200. The van der Waals surface area contributed by atoms with Crippen molar-refractivity contribution in [2.75, 3.05) is 38.5 Å². The van der Waals surface area contributed by atoms with Gasteiger partial charge in [0, 0.05) is 37.3 Å². The molecule has 1 aromatic heterocycles. The highest BCUT2D eigenvalue weighted by Gasteiger charge is 2.27. The molecule has 34 heavy (non-hydrogen) atoms. The van der Waals surface area contributed by atoms with E-state index in [1.807, 2.05) is 37.4 Å². The molecule has 174 valence electrons. The second-order valence-corrected chi connectivity index (χ2v) is 10.3. The number of benzene rings is 3. The molecule has 0 saturated carbocycles. The number of nitrogens with zero attached hydrogens (tertiary/aromatic N) is 2. The van der Waals surface area contributed by atoms with Crippen LogP contribution in [0.2, 0.25) is 0 Å². The van der Waals surface area contributed by atoms with Gasteiger partial charge in [0.2, 0.25) is 10.0 Å². The topological polar surface area (TPSA) is 99.9 Å². The molecule has 1 N–H and O–H groups in total. The summed E-state index contributed by atoms with van der Waals surface area (Å²) in [6, 6.07) is 18.7. The third kappa shape index (κ3) is 4.09. The number of likely N-dealkylation sites (N-methyl/N-ethyl adjacent to an activating group) is 1. The summed E-state index contributed by atoms with van der Waals surface area (Å²) >= 11 is 0. The number of rotatable bonds is 4. The Labute approximate surface area is 196 Å². The molecule has 2 heterocycles. The quantitative estimate of drug-likeness (QED) is 0.358. The van der Waals surface area contributed by atoms with Crippen LogP contribution in [0, 0.1) is 0 Å². The van der Waals surface area contributed by atoms with E-state index in [4.69, 9.17) is 4.42 Å². The zero-order valence-electron chi connectivity index (χ0n) is 18.5. The smallest absolute Gasteiger partial charge is 0.349 e. The summed E-state index contributed by atoms with van der Waals surface area (Å²) in [6.45, 7) is 2.22. The van der Waals surface area contributed by atoms with Crippen LogP contribution in [0.5, 0.6) is 0 Å². The van der Waals surface area contributed by atoms with Crippen molar-refractivity contribution < 1.29 is 17.6 Å². The number of sulfonamides is 1. The summed E-state index contributed by atoms with van der Waals surface area (Å²) in [4.78, 5) is 27.6. The lowest BCUT2D eigenvalue weighted by Crippen LogP contribution is -2.46. The molecule has 1 amide bonds. The monoisotopic (exact) mass is 477 g/mol. The summed E-state index contributed by atoms with van der Waals surface area (Å²) in [6.07, 6.45) is 0. The van der Waals surface area contributed by atoms with E-state index in [1.165, 1.54) is 34.6 Å². The van der Waals surface area contributed by atoms with Crippen LogP contribution in [-0.2, 0) is 10.0 Å². The van der Waals surface area contributed by atoms with Gasteiger partial charge in [0.05, 0.1) is 4.90 Å². The maximum atomic E-state index is 12.9. The van der Waals surface area contributed by atoms with Crippen molar-refractivity contribution >= 4 is 43.4 Å². The average Bonchev–Trinajstić information content (AvgIpc) is 2.84. The summed E-state index contributed by atoms with van der Waals surface area (Å²) < 4.78 is 32.6. The molecule has 8 nitrogen and oxygen atoms in total. The Morgan fingerprint density at radius 2 is 1.62 bits per heavy atom. The molecule has 4 aromatic rings. The van der Waals surface area contributed by atoms with Crippen LogP contribution in [0.25, 0.3) is 21.7 Å². The van der Waals surface area contributed by atoms with Crippen molar-refractivity contribution in [1.29, 1.82) is 0 Å². The van der Waals surface area contributed by atoms with Gasteiger partial charge in [-0.15, -0.1) is 0 Å². The van der Waals surface area contributed by atoms with E-state index < -0.39 is 21.6 Å². The van der Waals surface area contributed by atoms with E-state index in [-0.39, 0.29) is 10.5 Å². The maximum Gasteiger partial charge on any atom is 0.349 e. The van der Waals surface area contributed by atoms with Gasteiger partial charge in [0.25, 0.3) is 5.91 Å². The van der Waals surface area contributed by atoms with Crippen LogP contribution in [0.4, 0.5) is 5.69 Å². The highest BCUT2D eigenvalue weighted by Crippen LogP contribution is 2.25. The molecule has 1 fully saturated rings. The van der Waals surface area contributed by atoms with Gasteiger partial charge in [-0.05, 0) is 54.2 Å². The average molecular weight is 478 g/mol. The number of hydrogen-bond acceptors (Lipinski definition) is 6. The number of piperazine rings is 1. The Morgan fingerprint density at radius 1 is 0.912 bits per heavy atom. The molecule has 9 heteroatoms. The molecule has 3 aromatic carbocycles. The molecule has 0 bridgehead atoms. The zero-order valence-corrected chi connectivity index (χ0v) is 19.3. The van der Waals surface area contributed by atoms with Crippen LogP contribution in [0.15, 0.2) is 80.8 Å². The van der Waals surface area contributed by atoms with Gasteiger partial charge in [-0.25, -0.2) is 13.2 Å². The Morgan fingerprint density at radius 3 is 2.35 bits per heavy atom. The third-order valence-corrected chi connectivity index (χ3v) is 8.01. The minimum Gasteiger partial charge on any atom is -0.422 e. The summed E-state index contributed by atoms with van der Waals surface area (Å²) in [5, 5.41) is 5.16. The fourth-order valence-electron chi connectivity index (χ4n) is 4.12. The molecule has 0 aliphatic carbocycles. The molecule has 0 unspecified atom stereocenters. The van der Waals surface area contributed by atoms with E-state index in [0.29, 0.717) is 42.8 Å². The van der Waals surface area contributed by atoms with Gasteiger partial charge in [0.1, 0.15) is 11.1 Å². The van der Waals surface area contributed by atoms with E-state index >= 15 is 0 Å². The lowest BCUT2D eigenvalue weighted by molar-refractivity contribution is 0.102. The number of hydrogen-bond donors (Lipinski definition) is 1. The van der Waals surface area contributed by atoms with E-state index in [2.05, 4.69) is 10.2 Å². The van der Waals surface area contributed by atoms with Crippen molar-refractivity contribution in [2.24, 2.45) is 0 Å². The van der Waals surface area contributed by atoms with Crippen molar-refractivity contribution in [1.82, 2.24) is 9.21 Å². The molecule has 1 aliphatic heterocycles. The summed E-state index contributed by atoms with van der Waals surface area (Å²) in [5.41, 5.74) is -0.0917. The number of nitrogens with one attached hydrogen (secondary N) is 1. The first-order valence-corrected chi connectivity index (χ1v) is 12.3. The van der Waals surface area contributed by atoms with Crippen LogP contribution in [0.1, 0.15) is 10.4 Å². The largest absolute Gasteiger partial charge is 0.422 e. The molecule has 1 saturated heterocycles. The highest BCUT2D eigenvalue weighted by atomic mass is 32.2. The zero-order chi connectivity index (χ0) is 23.9. The normalized spacial score (nSPS) is 15.6. The summed E-state index contributed by atoms with van der Waals surface area (Å²) in [5.74, 6) is -0.627. The molecular formula is C25H23N3O5S. The van der Waals surface area contributed by atoms with Gasteiger partial charge >= 0.3 is 5.63 Å². The first kappa shape index (κ1) is 22.3. The van der Waals surface area contributed by atoms with Crippen LogP contribution in [-0.4, -0.2) is 56.8 Å². The van der Waals surface area contributed by atoms with Gasteiger partial charge in [-0.3, -0.25) is 4.79 Å². The number of carbonyl (C=O) groups is 1. The third-order valence-electron chi connectivity index (χ3n) is 6.10. The fourth-order valence-corrected chi connectivity index (χ4v) is 5.54. The van der Waals surface area contributed by atoms with E-state index in [0.717, 1.165) is 10.8 Å². The highest BCUT2D eigenvalue weighted by molar-refractivity contribution is 7.89. The Kier molecular flexibility index (Phi) is 5.68. The number of fused-ring (bicyclic) bond motifs is 3. The van der Waals surface area contributed by atoms with Crippen molar-refractivity contribution in [3.05, 3.63) is 82.7 Å². The molecule has 1 aliphatic rings. The minimum absolute atomic E-state index is 0.127. The van der Waals surface area contributed by atoms with Crippen molar-refractivity contribution in [2.45, 2.75) is 4.90 Å². The Bertz CT molecular complexity index is 1550. The molecular weight excluding hydrogens is 454 g/mol. The minimum atomic E-state index is -3.61. The molecule has 5 rings (SSSR count). The number of amides is 1. The SMILES string of the molecule is CN1CCN(S(=O)(=O)c2ccc(NC(=O)c3cc4c(ccc5ccccc54)oc3=O)cc2)CC1. The van der Waals surface area contributed by atoms with Gasteiger partial charge in [0.15, 0.2) is 0 Å². The van der Waals surface area contributed by atoms with Crippen molar-refractivity contribution in [3.8, 4) is 0 Å². The Hall–Kier alpha value is -3.53. The maximum absolute atomic E-state index is 12.9. The second-order valence-electron chi connectivity index (χ2n) is 8.33. The van der Waals surface area contributed by atoms with Crippen LogP contribution in [0.3, 0.4) is 0 Å². The predicted molar refractivity (Wildman–Crippen MR) is 131 cm³/mol. The summed E-state index contributed by atoms with van der Waals surface area (Å²) in [7, 11) is -1.65. The van der Waals surface area contributed by atoms with E-state index in [1.54, 1.807) is 6.07 Å². The van der Waals surface area contributed by atoms with Gasteiger partial charge < -0.3 is 14.6 Å². The van der Waals surface area contributed by atoms with Crippen LogP contribution >= 0.6 is 0 Å². The Balaban J connectivity index is 1.40. The van der Waals surface area contributed by atoms with Gasteiger partial charge in [-0.1, -0.05) is 30.3 Å². The first-order chi connectivity index (χ1) is 16.3. The van der Waals surface area contributed by atoms with Gasteiger partial charge in [-0.2, -0.15) is 4.31 Å². The van der Waals surface area contributed by atoms with Crippen LogP contribution < -0.4 is 10.9 Å². The first-order valence-electron chi connectivity index (χ1n) is 10.9. The second kappa shape index (κ2) is 8.68. The lowest BCUT2D eigenvalue weighted by atomic mass is 10.0.